The van der Waals surface area contributed by atoms with E-state index in [1.165, 1.54) is 0 Å². The summed E-state index contributed by atoms with van der Waals surface area (Å²) in [5.74, 6) is -0.250. The molecular formula is C23H27N3O3. The number of carbonyl (C=O) groups excluding carboxylic acids is 3. The van der Waals surface area contributed by atoms with Crippen molar-refractivity contribution in [1.29, 1.82) is 0 Å². The predicted molar refractivity (Wildman–Crippen MR) is 111 cm³/mol. The van der Waals surface area contributed by atoms with E-state index in [4.69, 9.17) is 0 Å². The molecule has 0 unspecified atom stereocenters. The fraction of sp³-hybridized carbons (Fsp3) is 0.348. The number of amides is 3. The molecule has 1 saturated heterocycles. The number of hydrogen-bond donors (Lipinski definition) is 1. The number of benzene rings is 2. The van der Waals surface area contributed by atoms with Gasteiger partial charge < -0.3 is 15.1 Å². The minimum atomic E-state index is -0.258. The van der Waals surface area contributed by atoms with Crippen LogP contribution in [0.3, 0.4) is 0 Å². The SMILES string of the molecule is O=C(NCC(=O)N1CCCN(C(=O)CCc2ccccc2)CC1)c1ccccc1. The molecule has 29 heavy (non-hydrogen) atoms. The Morgan fingerprint density at radius 2 is 1.34 bits per heavy atom. The van der Waals surface area contributed by atoms with Crippen molar-refractivity contribution in [2.45, 2.75) is 19.3 Å². The van der Waals surface area contributed by atoms with Crippen molar-refractivity contribution in [3.63, 3.8) is 0 Å². The van der Waals surface area contributed by atoms with Crippen LogP contribution < -0.4 is 5.32 Å². The van der Waals surface area contributed by atoms with Gasteiger partial charge in [0.2, 0.25) is 11.8 Å². The van der Waals surface area contributed by atoms with Gasteiger partial charge in [0, 0.05) is 38.2 Å². The maximum Gasteiger partial charge on any atom is 0.251 e. The van der Waals surface area contributed by atoms with E-state index < -0.39 is 0 Å². The molecule has 6 nitrogen and oxygen atoms in total. The van der Waals surface area contributed by atoms with Gasteiger partial charge in [0.15, 0.2) is 0 Å². The van der Waals surface area contributed by atoms with E-state index in [-0.39, 0.29) is 24.3 Å². The van der Waals surface area contributed by atoms with E-state index in [0.29, 0.717) is 38.2 Å². The average Bonchev–Trinajstić information content (AvgIpc) is 3.03. The van der Waals surface area contributed by atoms with Crippen LogP contribution in [0.1, 0.15) is 28.8 Å². The molecule has 0 atom stereocenters. The summed E-state index contributed by atoms with van der Waals surface area (Å²) in [5, 5.41) is 2.68. The Bertz CT molecular complexity index is 824. The average molecular weight is 393 g/mol. The van der Waals surface area contributed by atoms with Crippen molar-refractivity contribution >= 4 is 17.7 Å². The lowest BCUT2D eigenvalue weighted by molar-refractivity contribution is -0.133. The highest BCUT2D eigenvalue weighted by atomic mass is 16.2. The summed E-state index contributed by atoms with van der Waals surface area (Å²) in [4.78, 5) is 40.7. The van der Waals surface area contributed by atoms with Gasteiger partial charge in [-0.2, -0.15) is 0 Å². The molecule has 1 fully saturated rings. The van der Waals surface area contributed by atoms with Gasteiger partial charge in [-0.1, -0.05) is 48.5 Å². The fourth-order valence-corrected chi connectivity index (χ4v) is 3.43. The molecule has 1 N–H and O–H groups in total. The Balaban J connectivity index is 1.43. The molecule has 152 valence electrons. The standard InChI is InChI=1S/C23H27N3O3/c27-21(13-12-19-8-3-1-4-9-19)25-14-7-15-26(17-16-25)22(28)18-24-23(29)20-10-5-2-6-11-20/h1-6,8-11H,7,12-18H2,(H,24,29). The molecule has 0 saturated carbocycles. The van der Waals surface area contributed by atoms with Crippen molar-refractivity contribution in [3.05, 3.63) is 71.8 Å². The second-order valence-corrected chi connectivity index (χ2v) is 7.15. The normalized spacial score (nSPS) is 14.2. The zero-order chi connectivity index (χ0) is 20.5. The van der Waals surface area contributed by atoms with E-state index in [9.17, 15) is 14.4 Å². The quantitative estimate of drug-likeness (QED) is 0.817. The number of rotatable bonds is 6. The molecule has 3 rings (SSSR count). The highest BCUT2D eigenvalue weighted by molar-refractivity contribution is 5.96. The van der Waals surface area contributed by atoms with Gasteiger partial charge in [0.05, 0.1) is 6.54 Å². The zero-order valence-electron chi connectivity index (χ0n) is 16.5. The van der Waals surface area contributed by atoms with Gasteiger partial charge in [-0.3, -0.25) is 14.4 Å². The molecule has 0 spiro atoms. The first-order chi connectivity index (χ1) is 14.1. The van der Waals surface area contributed by atoms with Crippen LogP contribution in [0.5, 0.6) is 0 Å². The summed E-state index contributed by atoms with van der Waals surface area (Å²) >= 11 is 0. The fourth-order valence-electron chi connectivity index (χ4n) is 3.43. The largest absolute Gasteiger partial charge is 0.343 e. The molecule has 6 heteroatoms. The van der Waals surface area contributed by atoms with Crippen molar-refractivity contribution < 1.29 is 14.4 Å². The van der Waals surface area contributed by atoms with Crippen molar-refractivity contribution in [1.82, 2.24) is 15.1 Å². The van der Waals surface area contributed by atoms with E-state index in [0.717, 1.165) is 18.4 Å². The molecule has 1 aliphatic rings. The molecule has 0 radical (unpaired) electrons. The maximum absolute atomic E-state index is 12.5. The van der Waals surface area contributed by atoms with Gasteiger partial charge in [-0.25, -0.2) is 0 Å². The second-order valence-electron chi connectivity index (χ2n) is 7.15. The summed E-state index contributed by atoms with van der Waals surface area (Å²) in [6, 6.07) is 18.8. The van der Waals surface area contributed by atoms with Gasteiger partial charge in [-0.05, 0) is 30.5 Å². The Kier molecular flexibility index (Phi) is 7.39. The topological polar surface area (TPSA) is 69.7 Å². The molecule has 1 heterocycles. The second kappa shape index (κ2) is 10.4. The van der Waals surface area contributed by atoms with Crippen LogP contribution in [0.4, 0.5) is 0 Å². The molecule has 0 bridgehead atoms. The Morgan fingerprint density at radius 1 is 0.759 bits per heavy atom. The smallest absolute Gasteiger partial charge is 0.251 e. The molecule has 3 amide bonds. The lowest BCUT2D eigenvalue weighted by Crippen LogP contribution is -2.42. The van der Waals surface area contributed by atoms with Crippen molar-refractivity contribution in [2.75, 3.05) is 32.7 Å². The Hall–Kier alpha value is -3.15. The van der Waals surface area contributed by atoms with Crippen LogP contribution in [0, 0.1) is 0 Å². The van der Waals surface area contributed by atoms with Crippen LogP contribution in [0.15, 0.2) is 60.7 Å². The zero-order valence-corrected chi connectivity index (χ0v) is 16.5. The number of nitrogens with one attached hydrogen (secondary N) is 1. The maximum atomic E-state index is 12.5. The van der Waals surface area contributed by atoms with Crippen LogP contribution in [-0.2, 0) is 16.0 Å². The predicted octanol–water partition coefficient (Wildman–Crippen LogP) is 2.11. The highest BCUT2D eigenvalue weighted by Gasteiger charge is 2.22. The Labute approximate surface area is 171 Å². The number of aryl methyl sites for hydroxylation is 1. The summed E-state index contributed by atoms with van der Waals surface area (Å²) in [7, 11) is 0. The van der Waals surface area contributed by atoms with Crippen molar-refractivity contribution in [2.24, 2.45) is 0 Å². The first kappa shape index (κ1) is 20.6. The molecule has 0 aliphatic carbocycles. The third kappa shape index (κ3) is 6.17. The van der Waals surface area contributed by atoms with Gasteiger partial charge in [0.25, 0.3) is 5.91 Å². The molecular weight excluding hydrogens is 366 g/mol. The molecule has 2 aromatic carbocycles. The third-order valence-corrected chi connectivity index (χ3v) is 5.11. The lowest BCUT2D eigenvalue weighted by atomic mass is 10.1. The number of nitrogens with zero attached hydrogens (tertiary/aromatic N) is 2. The van der Waals surface area contributed by atoms with Gasteiger partial charge in [-0.15, -0.1) is 0 Å². The summed E-state index contributed by atoms with van der Waals surface area (Å²) in [6.45, 7) is 2.26. The van der Waals surface area contributed by atoms with Crippen LogP contribution in [-0.4, -0.2) is 60.2 Å². The molecule has 1 aliphatic heterocycles. The van der Waals surface area contributed by atoms with Crippen LogP contribution in [0.2, 0.25) is 0 Å². The summed E-state index contributed by atoms with van der Waals surface area (Å²) in [6.07, 6.45) is 1.95. The van der Waals surface area contributed by atoms with Crippen LogP contribution in [0.25, 0.3) is 0 Å². The van der Waals surface area contributed by atoms with E-state index in [1.54, 1.807) is 29.2 Å². The number of hydrogen-bond acceptors (Lipinski definition) is 3. The van der Waals surface area contributed by atoms with Gasteiger partial charge in [0.1, 0.15) is 0 Å². The van der Waals surface area contributed by atoms with E-state index in [1.807, 2.05) is 41.3 Å². The lowest BCUT2D eigenvalue weighted by Gasteiger charge is -2.22. The number of carbonyl (C=O) groups is 3. The molecule has 2 aromatic rings. The van der Waals surface area contributed by atoms with E-state index in [2.05, 4.69) is 5.32 Å². The Morgan fingerprint density at radius 3 is 2.00 bits per heavy atom. The van der Waals surface area contributed by atoms with E-state index >= 15 is 0 Å². The minimum Gasteiger partial charge on any atom is -0.343 e. The third-order valence-electron chi connectivity index (χ3n) is 5.11. The summed E-state index contributed by atoms with van der Waals surface area (Å²) in [5.41, 5.74) is 1.69. The monoisotopic (exact) mass is 393 g/mol. The molecule has 0 aromatic heterocycles. The first-order valence-corrected chi connectivity index (χ1v) is 10.1. The minimum absolute atomic E-state index is 0.0321. The van der Waals surface area contributed by atoms with Crippen LogP contribution >= 0.6 is 0 Å². The van der Waals surface area contributed by atoms with Crippen molar-refractivity contribution in [3.8, 4) is 0 Å². The van der Waals surface area contributed by atoms with Gasteiger partial charge >= 0.3 is 0 Å². The highest BCUT2D eigenvalue weighted by Crippen LogP contribution is 2.09. The first-order valence-electron chi connectivity index (χ1n) is 10.1. The summed E-state index contributed by atoms with van der Waals surface area (Å²) < 4.78 is 0.